The van der Waals surface area contributed by atoms with Gasteiger partial charge in [-0.3, -0.25) is 9.69 Å². The zero-order chi connectivity index (χ0) is 16.8. The highest BCUT2D eigenvalue weighted by Crippen LogP contribution is 2.13. The Bertz CT molecular complexity index is 462. The highest BCUT2D eigenvalue weighted by molar-refractivity contribution is 5.72. The Morgan fingerprint density at radius 2 is 1.86 bits per heavy atom. The van der Waals surface area contributed by atoms with Crippen LogP contribution < -0.4 is 0 Å². The number of nitrogens with zero attached hydrogens (tertiary/aromatic N) is 1. The molecule has 0 unspecified atom stereocenters. The standard InChI is InChI=1S/C18H29NO3/c1-14-6-8-15(9-7-14)12-16(10-11-20)19(5)13-17(21)22-18(2,3)4/h6-9,16,20H,10-13H2,1-5H3/t16-/m1/s1. The van der Waals surface area contributed by atoms with E-state index in [1.165, 1.54) is 11.1 Å². The summed E-state index contributed by atoms with van der Waals surface area (Å²) in [4.78, 5) is 13.9. The van der Waals surface area contributed by atoms with E-state index in [-0.39, 0.29) is 25.2 Å². The third-order valence-electron chi connectivity index (χ3n) is 3.48. The first kappa shape index (κ1) is 18.7. The summed E-state index contributed by atoms with van der Waals surface area (Å²) in [5, 5.41) is 9.29. The molecule has 22 heavy (non-hydrogen) atoms. The van der Waals surface area contributed by atoms with Gasteiger partial charge >= 0.3 is 5.97 Å². The second-order valence-corrected chi connectivity index (χ2v) is 6.86. The minimum Gasteiger partial charge on any atom is -0.459 e. The van der Waals surface area contributed by atoms with Crippen molar-refractivity contribution in [3.63, 3.8) is 0 Å². The molecule has 0 aromatic heterocycles. The number of esters is 1. The summed E-state index contributed by atoms with van der Waals surface area (Å²) in [5.41, 5.74) is 1.96. The van der Waals surface area contributed by atoms with E-state index in [1.54, 1.807) is 0 Å². The summed E-state index contributed by atoms with van der Waals surface area (Å²) in [5.74, 6) is -0.234. The lowest BCUT2D eigenvalue weighted by Crippen LogP contribution is -2.40. The summed E-state index contributed by atoms with van der Waals surface area (Å²) in [6, 6.07) is 8.47. The molecule has 0 heterocycles. The first-order valence-corrected chi connectivity index (χ1v) is 7.80. The number of carbonyl (C=O) groups is 1. The van der Waals surface area contributed by atoms with E-state index in [0.29, 0.717) is 6.42 Å². The second kappa shape index (κ2) is 8.30. The van der Waals surface area contributed by atoms with Crippen LogP contribution in [0.2, 0.25) is 0 Å². The van der Waals surface area contributed by atoms with Crippen molar-refractivity contribution in [3.8, 4) is 0 Å². The fraction of sp³-hybridized carbons (Fsp3) is 0.611. The molecule has 4 nitrogen and oxygen atoms in total. The molecular formula is C18H29NO3. The van der Waals surface area contributed by atoms with Crippen molar-refractivity contribution < 1.29 is 14.6 Å². The smallest absolute Gasteiger partial charge is 0.320 e. The SMILES string of the molecule is Cc1ccc(C[C@@H](CCO)N(C)CC(=O)OC(C)(C)C)cc1. The Balaban J connectivity index is 2.64. The minimum atomic E-state index is -0.471. The molecule has 0 fully saturated rings. The van der Waals surface area contributed by atoms with Crippen molar-refractivity contribution >= 4 is 5.97 Å². The van der Waals surface area contributed by atoms with E-state index in [4.69, 9.17) is 4.74 Å². The minimum absolute atomic E-state index is 0.106. The Labute approximate surface area is 134 Å². The van der Waals surface area contributed by atoms with Crippen molar-refractivity contribution in [2.24, 2.45) is 0 Å². The van der Waals surface area contributed by atoms with E-state index in [0.717, 1.165) is 6.42 Å². The number of rotatable bonds is 7. The topological polar surface area (TPSA) is 49.8 Å². The molecule has 1 rings (SSSR count). The molecule has 124 valence electrons. The molecule has 1 atom stereocenters. The molecule has 0 aliphatic heterocycles. The summed E-state index contributed by atoms with van der Waals surface area (Å²) in [6.07, 6.45) is 1.44. The quantitative estimate of drug-likeness (QED) is 0.787. The summed E-state index contributed by atoms with van der Waals surface area (Å²) >= 11 is 0. The third kappa shape index (κ3) is 7.05. The number of aliphatic hydroxyl groups is 1. The highest BCUT2D eigenvalue weighted by atomic mass is 16.6. The van der Waals surface area contributed by atoms with Gasteiger partial charge in [-0.1, -0.05) is 29.8 Å². The monoisotopic (exact) mass is 307 g/mol. The van der Waals surface area contributed by atoms with Crippen LogP contribution in [-0.2, 0) is 16.0 Å². The zero-order valence-electron chi connectivity index (χ0n) is 14.4. The van der Waals surface area contributed by atoms with Gasteiger partial charge in [0, 0.05) is 12.6 Å². The largest absolute Gasteiger partial charge is 0.459 e. The van der Waals surface area contributed by atoms with Gasteiger partial charge in [-0.2, -0.15) is 0 Å². The molecule has 0 aliphatic carbocycles. The number of aliphatic hydroxyl groups excluding tert-OH is 1. The average molecular weight is 307 g/mol. The van der Waals surface area contributed by atoms with Gasteiger partial charge in [0.2, 0.25) is 0 Å². The van der Waals surface area contributed by atoms with Gasteiger partial charge in [-0.15, -0.1) is 0 Å². The van der Waals surface area contributed by atoms with Crippen LogP contribution in [0.25, 0.3) is 0 Å². The maximum Gasteiger partial charge on any atom is 0.320 e. The Kier molecular flexibility index (Phi) is 7.04. The fourth-order valence-corrected chi connectivity index (χ4v) is 2.33. The van der Waals surface area contributed by atoms with Crippen LogP contribution in [0.5, 0.6) is 0 Å². The first-order chi connectivity index (χ1) is 10.2. The van der Waals surface area contributed by atoms with E-state index in [2.05, 4.69) is 31.2 Å². The molecule has 0 saturated heterocycles. The van der Waals surface area contributed by atoms with Gasteiger partial charge in [0.1, 0.15) is 5.60 Å². The molecule has 1 N–H and O–H groups in total. The Morgan fingerprint density at radius 3 is 2.36 bits per heavy atom. The van der Waals surface area contributed by atoms with Gasteiger partial charge in [-0.05, 0) is 53.1 Å². The maximum atomic E-state index is 11.9. The highest BCUT2D eigenvalue weighted by Gasteiger charge is 2.21. The molecule has 1 aromatic carbocycles. The van der Waals surface area contributed by atoms with E-state index < -0.39 is 5.60 Å². The van der Waals surface area contributed by atoms with Gasteiger partial charge < -0.3 is 9.84 Å². The van der Waals surface area contributed by atoms with Crippen molar-refractivity contribution in [2.45, 2.75) is 52.2 Å². The van der Waals surface area contributed by atoms with Crippen LogP contribution in [-0.4, -0.2) is 47.8 Å². The number of benzene rings is 1. The molecule has 0 amide bonds. The fourth-order valence-electron chi connectivity index (χ4n) is 2.33. The van der Waals surface area contributed by atoms with Crippen molar-refractivity contribution in [1.82, 2.24) is 4.90 Å². The number of carbonyl (C=O) groups excluding carboxylic acids is 1. The maximum absolute atomic E-state index is 11.9. The van der Waals surface area contributed by atoms with E-state index in [1.807, 2.05) is 32.7 Å². The van der Waals surface area contributed by atoms with Crippen LogP contribution in [0, 0.1) is 6.92 Å². The normalized spacial score (nSPS) is 13.2. The van der Waals surface area contributed by atoms with E-state index in [9.17, 15) is 9.90 Å². The van der Waals surface area contributed by atoms with Gasteiger partial charge in [0.15, 0.2) is 0 Å². The van der Waals surface area contributed by atoms with Crippen molar-refractivity contribution in [3.05, 3.63) is 35.4 Å². The van der Waals surface area contributed by atoms with Crippen molar-refractivity contribution in [2.75, 3.05) is 20.2 Å². The predicted molar refractivity (Wildman–Crippen MR) is 88.8 cm³/mol. The van der Waals surface area contributed by atoms with Crippen LogP contribution in [0.15, 0.2) is 24.3 Å². The predicted octanol–water partition coefficient (Wildman–Crippen LogP) is 2.56. The average Bonchev–Trinajstić information content (AvgIpc) is 2.38. The summed E-state index contributed by atoms with van der Waals surface area (Å²) < 4.78 is 5.36. The molecule has 4 heteroatoms. The van der Waals surface area contributed by atoms with Crippen molar-refractivity contribution in [1.29, 1.82) is 0 Å². The number of aryl methyl sites for hydroxylation is 1. The lowest BCUT2D eigenvalue weighted by atomic mass is 10.0. The van der Waals surface area contributed by atoms with Crippen LogP contribution in [0.1, 0.15) is 38.3 Å². The van der Waals surface area contributed by atoms with Gasteiger partial charge in [0.25, 0.3) is 0 Å². The molecule has 0 spiro atoms. The Hall–Kier alpha value is -1.39. The number of hydrogen-bond acceptors (Lipinski definition) is 4. The molecular weight excluding hydrogens is 278 g/mol. The lowest BCUT2D eigenvalue weighted by molar-refractivity contribution is -0.156. The zero-order valence-corrected chi connectivity index (χ0v) is 14.4. The molecule has 0 bridgehead atoms. The van der Waals surface area contributed by atoms with E-state index >= 15 is 0 Å². The van der Waals surface area contributed by atoms with Crippen LogP contribution >= 0.6 is 0 Å². The third-order valence-corrected chi connectivity index (χ3v) is 3.48. The first-order valence-electron chi connectivity index (χ1n) is 7.80. The molecule has 0 aliphatic rings. The molecule has 0 saturated carbocycles. The molecule has 0 radical (unpaired) electrons. The van der Waals surface area contributed by atoms with Crippen LogP contribution in [0.4, 0.5) is 0 Å². The summed E-state index contributed by atoms with van der Waals surface area (Å²) in [7, 11) is 1.90. The Morgan fingerprint density at radius 1 is 1.27 bits per heavy atom. The summed E-state index contributed by atoms with van der Waals surface area (Å²) in [6.45, 7) is 7.99. The number of likely N-dealkylation sites (N-methyl/N-ethyl adjacent to an activating group) is 1. The lowest BCUT2D eigenvalue weighted by Gasteiger charge is -2.28. The second-order valence-electron chi connectivity index (χ2n) is 6.86. The van der Waals surface area contributed by atoms with Crippen LogP contribution in [0.3, 0.4) is 0 Å². The molecule has 1 aromatic rings. The number of hydrogen-bond donors (Lipinski definition) is 1. The van der Waals surface area contributed by atoms with Gasteiger partial charge in [-0.25, -0.2) is 0 Å². The number of ether oxygens (including phenoxy) is 1. The van der Waals surface area contributed by atoms with Gasteiger partial charge in [0.05, 0.1) is 6.54 Å².